The van der Waals surface area contributed by atoms with Gasteiger partial charge in [0, 0.05) is 5.56 Å². The zero-order chi connectivity index (χ0) is 15.4. The molecule has 0 aliphatic heterocycles. The molecule has 3 N–H and O–H groups in total. The van der Waals surface area contributed by atoms with Crippen LogP contribution in [0.2, 0.25) is 5.02 Å². The number of carbonyl (C=O) groups is 1. The molecule has 2 rings (SSSR count). The maximum atomic E-state index is 10.9. The second kappa shape index (κ2) is 6.38. The normalized spacial score (nSPS) is 10.7. The first-order chi connectivity index (χ1) is 9.97. The van der Waals surface area contributed by atoms with Crippen molar-refractivity contribution in [3.63, 3.8) is 0 Å². The molecule has 108 valence electrons. The van der Waals surface area contributed by atoms with E-state index in [-0.39, 0.29) is 10.7 Å². The van der Waals surface area contributed by atoms with Gasteiger partial charge in [0.25, 0.3) is 0 Å². The number of thiocarbonyl (C=S) groups is 1. The Kier molecular flexibility index (Phi) is 4.56. The van der Waals surface area contributed by atoms with Crippen LogP contribution in [0.25, 0.3) is 11.3 Å². The predicted molar refractivity (Wildman–Crippen MR) is 81.0 cm³/mol. The smallest absolute Gasteiger partial charge is 0.184 e. The highest BCUT2D eigenvalue weighted by atomic mass is 35.5. The van der Waals surface area contributed by atoms with Crippen LogP contribution < -0.4 is 16.3 Å². The number of hydrogen-bond donors (Lipinski definition) is 2. The van der Waals surface area contributed by atoms with Crippen molar-refractivity contribution < 1.29 is 14.3 Å². The zero-order valence-electron chi connectivity index (χ0n) is 10.5. The Balaban J connectivity index is 2.29. The van der Waals surface area contributed by atoms with E-state index in [1.807, 2.05) is 0 Å². The summed E-state index contributed by atoms with van der Waals surface area (Å²) in [5.41, 5.74) is 8.05. The number of hydrazone groups is 1. The van der Waals surface area contributed by atoms with E-state index in [2.05, 4.69) is 22.7 Å². The Morgan fingerprint density at radius 1 is 1.43 bits per heavy atom. The fourth-order valence-corrected chi connectivity index (χ4v) is 1.83. The standard InChI is InChI=1S/C13H10ClN3O3S/c14-10-3-1-7(12(18)19)5-9(10)11-4-2-8(20-11)6-16-17-13(15)21/h1-6H,(H,18,19)(H3,15,17,21)/p-1/b16-6-. The van der Waals surface area contributed by atoms with Gasteiger partial charge in [-0.05, 0) is 42.0 Å². The molecule has 0 unspecified atom stereocenters. The van der Waals surface area contributed by atoms with Crippen molar-refractivity contribution in [2.45, 2.75) is 0 Å². The van der Waals surface area contributed by atoms with Gasteiger partial charge in [-0.3, -0.25) is 5.43 Å². The molecule has 0 bridgehead atoms. The topological polar surface area (TPSA) is 104 Å². The Hall–Kier alpha value is -2.38. The van der Waals surface area contributed by atoms with Crippen molar-refractivity contribution in [1.29, 1.82) is 0 Å². The quantitative estimate of drug-likeness (QED) is 0.497. The van der Waals surface area contributed by atoms with Gasteiger partial charge < -0.3 is 20.1 Å². The van der Waals surface area contributed by atoms with Crippen molar-refractivity contribution in [2.75, 3.05) is 0 Å². The van der Waals surface area contributed by atoms with Crippen LogP contribution in [-0.4, -0.2) is 17.3 Å². The second-order valence-electron chi connectivity index (χ2n) is 3.92. The molecule has 21 heavy (non-hydrogen) atoms. The molecule has 8 heteroatoms. The van der Waals surface area contributed by atoms with Crippen LogP contribution in [0.15, 0.2) is 39.9 Å². The number of furan rings is 1. The third-order valence-corrected chi connectivity index (χ3v) is 2.88. The molecule has 1 aromatic heterocycles. The summed E-state index contributed by atoms with van der Waals surface area (Å²) in [5, 5.41) is 15.0. The third-order valence-electron chi connectivity index (χ3n) is 2.46. The molecule has 0 aliphatic rings. The average molecular weight is 323 g/mol. The summed E-state index contributed by atoms with van der Waals surface area (Å²) < 4.78 is 5.50. The van der Waals surface area contributed by atoms with Crippen molar-refractivity contribution in [2.24, 2.45) is 10.8 Å². The molecule has 0 saturated heterocycles. The fraction of sp³-hybridized carbons (Fsp3) is 0. The van der Waals surface area contributed by atoms with Gasteiger partial charge in [-0.25, -0.2) is 0 Å². The number of hydrogen-bond acceptors (Lipinski definition) is 5. The number of rotatable bonds is 4. The second-order valence-corrected chi connectivity index (χ2v) is 4.77. The molecule has 6 nitrogen and oxygen atoms in total. The van der Waals surface area contributed by atoms with E-state index < -0.39 is 5.97 Å². The SMILES string of the molecule is NC(=S)N/N=C\c1ccc(-c2cc(C(=O)[O-])ccc2Cl)o1. The zero-order valence-corrected chi connectivity index (χ0v) is 12.1. The van der Waals surface area contributed by atoms with E-state index >= 15 is 0 Å². The highest BCUT2D eigenvalue weighted by Gasteiger charge is 2.09. The molecule has 0 spiro atoms. The molecule has 1 heterocycles. The maximum absolute atomic E-state index is 10.9. The van der Waals surface area contributed by atoms with Gasteiger partial charge in [0.2, 0.25) is 0 Å². The van der Waals surface area contributed by atoms with Crippen LogP contribution >= 0.6 is 23.8 Å². The number of benzene rings is 1. The van der Waals surface area contributed by atoms with Gasteiger partial charge in [0.1, 0.15) is 11.5 Å². The van der Waals surface area contributed by atoms with Gasteiger partial charge >= 0.3 is 0 Å². The number of nitrogens with two attached hydrogens (primary N) is 1. The Morgan fingerprint density at radius 2 is 2.19 bits per heavy atom. The minimum absolute atomic E-state index is 0.0103. The molecule has 1 aromatic carbocycles. The number of aromatic carboxylic acids is 1. The van der Waals surface area contributed by atoms with E-state index in [0.29, 0.717) is 22.1 Å². The summed E-state index contributed by atoms with van der Waals surface area (Å²) in [7, 11) is 0. The van der Waals surface area contributed by atoms with Gasteiger partial charge in [-0.15, -0.1) is 0 Å². The summed E-state index contributed by atoms with van der Waals surface area (Å²) in [5.74, 6) is -0.467. The molecule has 0 fully saturated rings. The Labute approximate surface area is 130 Å². The number of halogens is 1. The average Bonchev–Trinajstić information content (AvgIpc) is 2.87. The van der Waals surface area contributed by atoms with Crippen LogP contribution in [0.1, 0.15) is 16.1 Å². The van der Waals surface area contributed by atoms with Gasteiger partial charge in [-0.2, -0.15) is 5.10 Å². The molecular weight excluding hydrogens is 314 g/mol. The third kappa shape index (κ3) is 3.80. The summed E-state index contributed by atoms with van der Waals surface area (Å²) >= 11 is 10.6. The lowest BCUT2D eigenvalue weighted by Crippen LogP contribution is -2.23. The molecule has 0 saturated carbocycles. The van der Waals surface area contributed by atoms with E-state index in [4.69, 9.17) is 21.8 Å². The Bertz CT molecular complexity index is 727. The van der Waals surface area contributed by atoms with Crippen molar-refractivity contribution in [3.8, 4) is 11.3 Å². The summed E-state index contributed by atoms with van der Waals surface area (Å²) in [6.07, 6.45) is 1.37. The number of nitrogens with one attached hydrogen (secondary N) is 1. The van der Waals surface area contributed by atoms with Gasteiger partial charge in [0.15, 0.2) is 5.11 Å². The highest BCUT2D eigenvalue weighted by Crippen LogP contribution is 2.30. The number of carboxylic acids is 1. The van der Waals surface area contributed by atoms with Crippen LogP contribution in [0, 0.1) is 0 Å². The summed E-state index contributed by atoms with van der Waals surface area (Å²) in [6.45, 7) is 0. The van der Waals surface area contributed by atoms with Crippen LogP contribution in [0.4, 0.5) is 0 Å². The minimum atomic E-state index is -1.29. The maximum Gasteiger partial charge on any atom is 0.184 e. The first-order valence-electron chi connectivity index (χ1n) is 5.67. The summed E-state index contributed by atoms with van der Waals surface area (Å²) in [4.78, 5) is 10.9. The lowest BCUT2D eigenvalue weighted by atomic mass is 10.1. The van der Waals surface area contributed by atoms with Gasteiger partial charge in [0.05, 0.1) is 17.2 Å². The van der Waals surface area contributed by atoms with E-state index in [9.17, 15) is 9.90 Å². The molecule has 0 amide bonds. The fourth-order valence-electron chi connectivity index (χ4n) is 1.57. The molecule has 0 aliphatic carbocycles. The molecule has 2 aromatic rings. The van der Waals surface area contributed by atoms with Crippen molar-refractivity contribution >= 4 is 41.1 Å². The largest absolute Gasteiger partial charge is 0.545 e. The van der Waals surface area contributed by atoms with Crippen LogP contribution in [0.5, 0.6) is 0 Å². The molecular formula is C13H9ClN3O3S-. The van der Waals surface area contributed by atoms with E-state index in [1.54, 1.807) is 12.1 Å². The number of nitrogens with zero attached hydrogens (tertiary/aromatic N) is 1. The van der Waals surface area contributed by atoms with Crippen molar-refractivity contribution in [1.82, 2.24) is 5.43 Å². The van der Waals surface area contributed by atoms with Crippen LogP contribution in [0.3, 0.4) is 0 Å². The molecule has 0 atom stereocenters. The predicted octanol–water partition coefficient (Wildman–Crippen LogP) is 1.13. The summed E-state index contributed by atoms with van der Waals surface area (Å²) in [6, 6.07) is 7.49. The minimum Gasteiger partial charge on any atom is -0.545 e. The first kappa shape index (κ1) is 15.0. The monoisotopic (exact) mass is 322 g/mol. The van der Waals surface area contributed by atoms with Crippen molar-refractivity contribution in [3.05, 3.63) is 46.7 Å². The van der Waals surface area contributed by atoms with E-state index in [0.717, 1.165) is 0 Å². The highest BCUT2D eigenvalue weighted by molar-refractivity contribution is 7.80. The number of carbonyl (C=O) groups excluding carboxylic acids is 1. The van der Waals surface area contributed by atoms with Gasteiger partial charge in [-0.1, -0.05) is 17.7 Å². The molecule has 0 radical (unpaired) electrons. The lowest BCUT2D eigenvalue weighted by Gasteiger charge is -2.06. The Morgan fingerprint density at radius 3 is 2.86 bits per heavy atom. The number of carboxylic acid groups (broad SMARTS) is 1. The lowest BCUT2D eigenvalue weighted by molar-refractivity contribution is -0.255. The first-order valence-corrected chi connectivity index (χ1v) is 6.45. The van der Waals surface area contributed by atoms with Crippen LogP contribution in [-0.2, 0) is 0 Å². The van der Waals surface area contributed by atoms with E-state index in [1.165, 1.54) is 24.4 Å².